The Hall–Kier alpha value is -1.06. The lowest BCUT2D eigenvalue weighted by Gasteiger charge is -2.31. The number of hydrogen-bond donors (Lipinski definition) is 2. The number of rotatable bonds is 5. The second kappa shape index (κ2) is 7.51. The summed E-state index contributed by atoms with van der Waals surface area (Å²) >= 11 is 0. The molecule has 0 radical (unpaired) electrons. The van der Waals surface area contributed by atoms with E-state index >= 15 is 0 Å². The minimum Gasteiger partial charge on any atom is -0.326 e. The number of halogens is 1. The summed E-state index contributed by atoms with van der Waals surface area (Å²) in [5, 5.41) is 6.29. The summed E-state index contributed by atoms with van der Waals surface area (Å²) in [5.41, 5.74) is 2.20. The fourth-order valence-electron chi connectivity index (χ4n) is 2.25. The highest BCUT2D eigenvalue weighted by Gasteiger charge is 2.28. The van der Waals surface area contributed by atoms with Crippen molar-refractivity contribution >= 4 is 24.0 Å². The van der Waals surface area contributed by atoms with Crippen LogP contribution in [0.15, 0.2) is 24.3 Å². The van der Waals surface area contributed by atoms with Crippen molar-refractivity contribution < 1.29 is 4.79 Å². The van der Waals surface area contributed by atoms with Crippen LogP contribution in [0, 0.1) is 11.8 Å². The van der Waals surface area contributed by atoms with Crippen LogP contribution in [-0.4, -0.2) is 19.0 Å². The molecular formula is C15H23ClN2O. The Labute approximate surface area is 121 Å². The van der Waals surface area contributed by atoms with E-state index in [1.54, 1.807) is 0 Å². The lowest BCUT2D eigenvalue weighted by molar-refractivity contribution is -0.121. The number of amides is 1. The molecule has 3 nitrogen and oxygen atoms in total. The second-order valence-corrected chi connectivity index (χ2v) is 5.10. The van der Waals surface area contributed by atoms with E-state index in [-0.39, 0.29) is 24.2 Å². The van der Waals surface area contributed by atoms with Gasteiger partial charge in [0.05, 0.1) is 0 Å². The van der Waals surface area contributed by atoms with E-state index in [4.69, 9.17) is 0 Å². The molecule has 4 heteroatoms. The average Bonchev–Trinajstić information content (AvgIpc) is 2.29. The number of para-hydroxylation sites is 1. The van der Waals surface area contributed by atoms with Gasteiger partial charge in [0.2, 0.25) is 5.91 Å². The van der Waals surface area contributed by atoms with Crippen molar-refractivity contribution in [3.63, 3.8) is 0 Å². The Morgan fingerprint density at radius 3 is 2.68 bits per heavy atom. The summed E-state index contributed by atoms with van der Waals surface area (Å²) < 4.78 is 0. The van der Waals surface area contributed by atoms with Crippen LogP contribution in [0.1, 0.15) is 25.8 Å². The number of aryl methyl sites for hydroxylation is 1. The van der Waals surface area contributed by atoms with Gasteiger partial charge in [0.1, 0.15) is 0 Å². The van der Waals surface area contributed by atoms with Gasteiger partial charge in [0, 0.05) is 11.6 Å². The quantitative estimate of drug-likeness (QED) is 0.872. The second-order valence-electron chi connectivity index (χ2n) is 5.10. The number of hydrogen-bond acceptors (Lipinski definition) is 2. The van der Waals surface area contributed by atoms with Crippen LogP contribution in [0.2, 0.25) is 0 Å². The Balaban J connectivity index is 0.00000180. The zero-order valence-electron chi connectivity index (χ0n) is 11.6. The van der Waals surface area contributed by atoms with Crippen LogP contribution in [-0.2, 0) is 11.2 Å². The molecule has 106 valence electrons. The fraction of sp³-hybridized carbons (Fsp3) is 0.533. The molecular weight excluding hydrogens is 260 g/mol. The minimum atomic E-state index is 0. The fourth-order valence-corrected chi connectivity index (χ4v) is 2.25. The zero-order valence-corrected chi connectivity index (χ0v) is 12.4. The molecule has 1 saturated heterocycles. The third-order valence-electron chi connectivity index (χ3n) is 3.73. The van der Waals surface area contributed by atoms with Crippen LogP contribution in [0.25, 0.3) is 0 Å². The third kappa shape index (κ3) is 3.95. The molecule has 19 heavy (non-hydrogen) atoms. The lowest BCUT2D eigenvalue weighted by atomic mass is 9.88. The van der Waals surface area contributed by atoms with E-state index in [2.05, 4.69) is 23.6 Å². The molecule has 0 saturated carbocycles. The first-order valence-electron chi connectivity index (χ1n) is 6.82. The van der Waals surface area contributed by atoms with Crippen molar-refractivity contribution in [2.75, 3.05) is 18.4 Å². The van der Waals surface area contributed by atoms with Gasteiger partial charge in [-0.25, -0.2) is 0 Å². The standard InChI is InChI=1S/C15H22N2O.ClH/c1-3-6-12-7-4-5-8-14(12)17-15(18)11(2)13-9-16-10-13;/h4-5,7-8,11,13,16H,3,6,9-10H2,1-2H3,(H,17,18);1H. The van der Waals surface area contributed by atoms with Crippen molar-refractivity contribution in [2.45, 2.75) is 26.7 Å². The predicted octanol–water partition coefficient (Wildman–Crippen LogP) is 2.85. The van der Waals surface area contributed by atoms with Gasteiger partial charge in [0.15, 0.2) is 0 Å². The first-order chi connectivity index (χ1) is 8.72. The van der Waals surface area contributed by atoms with Gasteiger partial charge >= 0.3 is 0 Å². The molecule has 1 atom stereocenters. The van der Waals surface area contributed by atoms with Crippen molar-refractivity contribution in [1.82, 2.24) is 5.32 Å². The van der Waals surface area contributed by atoms with Gasteiger partial charge in [0.25, 0.3) is 0 Å². The molecule has 1 aromatic rings. The predicted molar refractivity (Wildman–Crippen MR) is 81.8 cm³/mol. The molecule has 1 aliphatic rings. The van der Waals surface area contributed by atoms with Crippen LogP contribution in [0.5, 0.6) is 0 Å². The highest BCUT2D eigenvalue weighted by Crippen LogP contribution is 2.21. The smallest absolute Gasteiger partial charge is 0.227 e. The van der Waals surface area contributed by atoms with E-state index in [0.717, 1.165) is 31.6 Å². The zero-order chi connectivity index (χ0) is 13.0. The lowest BCUT2D eigenvalue weighted by Crippen LogP contribution is -2.48. The number of nitrogens with one attached hydrogen (secondary N) is 2. The van der Waals surface area contributed by atoms with Crippen molar-refractivity contribution in [1.29, 1.82) is 0 Å². The number of benzene rings is 1. The summed E-state index contributed by atoms with van der Waals surface area (Å²) in [5.74, 6) is 0.717. The van der Waals surface area contributed by atoms with Gasteiger partial charge in [-0.15, -0.1) is 12.4 Å². The Morgan fingerprint density at radius 2 is 2.11 bits per heavy atom. The highest BCUT2D eigenvalue weighted by molar-refractivity contribution is 5.93. The molecule has 2 N–H and O–H groups in total. The normalized spacial score (nSPS) is 16.1. The Bertz CT molecular complexity index is 418. The Morgan fingerprint density at radius 1 is 1.42 bits per heavy atom. The third-order valence-corrected chi connectivity index (χ3v) is 3.73. The molecule has 1 amide bonds. The molecule has 1 unspecified atom stereocenters. The van der Waals surface area contributed by atoms with Gasteiger partial charge in [-0.05, 0) is 37.1 Å². The molecule has 1 aliphatic heterocycles. The van der Waals surface area contributed by atoms with E-state index in [1.807, 2.05) is 25.1 Å². The summed E-state index contributed by atoms with van der Waals surface area (Å²) in [6.07, 6.45) is 2.10. The summed E-state index contributed by atoms with van der Waals surface area (Å²) in [7, 11) is 0. The Kier molecular flexibility index (Phi) is 6.32. The monoisotopic (exact) mass is 282 g/mol. The van der Waals surface area contributed by atoms with Crippen LogP contribution in [0.3, 0.4) is 0 Å². The van der Waals surface area contributed by atoms with Crippen LogP contribution < -0.4 is 10.6 Å². The van der Waals surface area contributed by atoms with Crippen LogP contribution >= 0.6 is 12.4 Å². The molecule has 1 fully saturated rings. The molecule has 0 aliphatic carbocycles. The number of carbonyl (C=O) groups excluding carboxylic acids is 1. The number of anilines is 1. The maximum Gasteiger partial charge on any atom is 0.227 e. The molecule has 1 heterocycles. The highest BCUT2D eigenvalue weighted by atomic mass is 35.5. The van der Waals surface area contributed by atoms with Crippen molar-refractivity contribution in [3.8, 4) is 0 Å². The van der Waals surface area contributed by atoms with Crippen molar-refractivity contribution in [3.05, 3.63) is 29.8 Å². The average molecular weight is 283 g/mol. The largest absolute Gasteiger partial charge is 0.326 e. The van der Waals surface area contributed by atoms with E-state index < -0.39 is 0 Å². The van der Waals surface area contributed by atoms with Gasteiger partial charge in [-0.2, -0.15) is 0 Å². The van der Waals surface area contributed by atoms with Gasteiger partial charge in [-0.3, -0.25) is 4.79 Å². The van der Waals surface area contributed by atoms with Gasteiger partial charge in [-0.1, -0.05) is 38.5 Å². The molecule has 0 spiro atoms. The topological polar surface area (TPSA) is 41.1 Å². The SMILES string of the molecule is CCCc1ccccc1NC(=O)C(C)C1CNC1.Cl. The first kappa shape index (κ1) is 16.0. The van der Waals surface area contributed by atoms with E-state index in [0.29, 0.717) is 5.92 Å². The first-order valence-corrected chi connectivity index (χ1v) is 6.82. The maximum absolute atomic E-state index is 12.2. The molecule has 1 aromatic carbocycles. The number of carbonyl (C=O) groups is 1. The van der Waals surface area contributed by atoms with Crippen molar-refractivity contribution in [2.24, 2.45) is 11.8 Å². The molecule has 0 aromatic heterocycles. The summed E-state index contributed by atoms with van der Waals surface area (Å²) in [6, 6.07) is 8.09. The molecule has 0 bridgehead atoms. The maximum atomic E-state index is 12.2. The minimum absolute atomic E-state index is 0. The summed E-state index contributed by atoms with van der Waals surface area (Å²) in [6.45, 7) is 6.10. The van der Waals surface area contributed by atoms with E-state index in [1.165, 1.54) is 5.56 Å². The van der Waals surface area contributed by atoms with E-state index in [9.17, 15) is 4.79 Å². The molecule has 2 rings (SSSR count). The van der Waals surface area contributed by atoms with Crippen LogP contribution in [0.4, 0.5) is 5.69 Å². The summed E-state index contributed by atoms with van der Waals surface area (Å²) in [4.78, 5) is 12.2. The van der Waals surface area contributed by atoms with Gasteiger partial charge < -0.3 is 10.6 Å².